The molecule has 3 aromatic carbocycles. The van der Waals surface area contributed by atoms with Gasteiger partial charge in [-0.3, -0.25) is 19.4 Å². The third-order valence-electron chi connectivity index (χ3n) is 9.29. The zero-order valence-corrected chi connectivity index (χ0v) is 26.0. The van der Waals surface area contributed by atoms with Gasteiger partial charge in [-0.2, -0.15) is 0 Å². The monoisotopic (exact) mass is 634 g/mol. The first kappa shape index (κ1) is 30.5. The molecule has 0 saturated carbocycles. The van der Waals surface area contributed by atoms with Crippen LogP contribution in [0.5, 0.6) is 0 Å². The number of ketones is 1. The second kappa shape index (κ2) is 12.1. The van der Waals surface area contributed by atoms with Crippen LogP contribution < -0.4 is 10.6 Å². The fourth-order valence-corrected chi connectivity index (χ4v) is 7.77. The van der Waals surface area contributed by atoms with Gasteiger partial charge in [0.2, 0.25) is 0 Å². The van der Waals surface area contributed by atoms with E-state index in [1.54, 1.807) is 24.3 Å². The summed E-state index contributed by atoms with van der Waals surface area (Å²) >= 11 is 6.53. The molecular weight excluding hydrogens is 600 g/mol. The maximum absolute atomic E-state index is 14.3. The van der Waals surface area contributed by atoms with Gasteiger partial charge in [0.15, 0.2) is 15.6 Å². The maximum atomic E-state index is 14.3. The number of hydrogen-bond acceptors (Lipinski definition) is 7. The molecule has 3 saturated heterocycles. The van der Waals surface area contributed by atoms with E-state index in [9.17, 15) is 22.8 Å². The van der Waals surface area contributed by atoms with Crippen molar-refractivity contribution in [3.63, 3.8) is 0 Å². The van der Waals surface area contributed by atoms with Gasteiger partial charge in [0.1, 0.15) is 5.54 Å². The van der Waals surface area contributed by atoms with Crippen LogP contribution in [0.15, 0.2) is 83.8 Å². The molecule has 2 N–H and O–H groups in total. The van der Waals surface area contributed by atoms with Crippen molar-refractivity contribution in [3.8, 4) is 0 Å². The second-order valence-corrected chi connectivity index (χ2v) is 14.4. The predicted octanol–water partition coefficient (Wildman–Crippen LogP) is 3.88. The number of Topliss-reactive ketones (excluding diaryl/α,β-unsaturated/α-hetero) is 1. The van der Waals surface area contributed by atoms with Crippen LogP contribution >= 0.6 is 11.6 Å². The highest BCUT2D eigenvalue weighted by molar-refractivity contribution is 7.90. The van der Waals surface area contributed by atoms with E-state index in [-0.39, 0.29) is 35.0 Å². The summed E-state index contributed by atoms with van der Waals surface area (Å²) in [4.78, 5) is 44.6. The Kier molecular flexibility index (Phi) is 8.36. The van der Waals surface area contributed by atoms with E-state index >= 15 is 0 Å². The molecule has 3 atom stereocenters. The number of benzene rings is 3. The lowest BCUT2D eigenvalue weighted by Gasteiger charge is -2.43. The van der Waals surface area contributed by atoms with E-state index in [4.69, 9.17) is 11.6 Å². The van der Waals surface area contributed by atoms with Crippen molar-refractivity contribution in [2.45, 2.75) is 41.8 Å². The third-order valence-corrected chi connectivity index (χ3v) is 10.7. The smallest absolute Gasteiger partial charge is 0.323 e. The minimum Gasteiger partial charge on any atom is -0.323 e. The number of carbonyl (C=O) groups excluding carboxylic acids is 3. The molecule has 3 amide bonds. The molecule has 1 spiro atoms. The number of urea groups is 1. The van der Waals surface area contributed by atoms with Crippen molar-refractivity contribution in [3.05, 3.63) is 101 Å². The Labute approximate surface area is 262 Å². The molecule has 0 radical (unpaired) electrons. The SMILES string of the molecule is CS(=O)(=O)c1ccc(CN2C(=O)NC3(CCN(C(C(=O)c4ccccc4Cl)[C@@H]4CNC[C@@H]4c4ccccc4)CC3)C2=O)cc1. The van der Waals surface area contributed by atoms with Gasteiger partial charge in [-0.25, -0.2) is 13.2 Å². The Morgan fingerprint density at radius 2 is 1.61 bits per heavy atom. The number of amides is 3. The molecule has 9 nitrogen and oxygen atoms in total. The number of nitrogens with one attached hydrogen (secondary N) is 2. The molecule has 3 aliphatic rings. The zero-order chi connectivity index (χ0) is 31.1. The molecule has 3 aromatic rings. The van der Waals surface area contributed by atoms with Crippen LogP contribution in [0.25, 0.3) is 0 Å². The molecule has 230 valence electrons. The van der Waals surface area contributed by atoms with Crippen molar-refractivity contribution in [1.82, 2.24) is 20.4 Å². The van der Waals surface area contributed by atoms with E-state index in [0.717, 1.165) is 12.8 Å². The molecule has 1 unspecified atom stereocenters. The van der Waals surface area contributed by atoms with Gasteiger partial charge >= 0.3 is 6.03 Å². The standard InChI is InChI=1S/C33H35ClN4O5S/c1-44(42,43)24-13-11-22(12-14-24)21-38-31(40)33(36-32(38)41)15-17-37(18-16-33)29(30(39)25-9-5-6-10-28(25)34)27-20-35-19-26(27)23-7-3-2-4-8-23/h2-14,26-27,29,35H,15-21H2,1H3,(H,36,41)/t26-,27-,29?/m1/s1. The topological polar surface area (TPSA) is 116 Å². The van der Waals surface area contributed by atoms with E-state index in [1.165, 1.54) is 22.6 Å². The van der Waals surface area contributed by atoms with Gasteiger partial charge in [0.25, 0.3) is 5.91 Å². The Morgan fingerprint density at radius 3 is 2.27 bits per heavy atom. The van der Waals surface area contributed by atoms with Crippen molar-refractivity contribution in [2.75, 3.05) is 32.4 Å². The number of sulfone groups is 1. The van der Waals surface area contributed by atoms with Crippen molar-refractivity contribution >= 4 is 39.2 Å². The van der Waals surface area contributed by atoms with Crippen molar-refractivity contribution in [2.24, 2.45) is 5.92 Å². The van der Waals surface area contributed by atoms with Gasteiger partial charge < -0.3 is 10.6 Å². The highest BCUT2D eigenvalue weighted by atomic mass is 35.5. The number of imide groups is 1. The molecule has 3 heterocycles. The quantitative estimate of drug-likeness (QED) is 0.285. The van der Waals surface area contributed by atoms with Crippen molar-refractivity contribution < 1.29 is 22.8 Å². The largest absolute Gasteiger partial charge is 0.325 e. The van der Waals surface area contributed by atoms with E-state index < -0.39 is 27.4 Å². The van der Waals surface area contributed by atoms with Crippen LogP contribution in [0, 0.1) is 5.92 Å². The lowest BCUT2D eigenvalue weighted by molar-refractivity contribution is -0.133. The van der Waals surface area contributed by atoms with Crippen LogP contribution in [0.4, 0.5) is 4.79 Å². The van der Waals surface area contributed by atoms with Gasteiger partial charge in [-0.1, -0.05) is 66.2 Å². The molecule has 11 heteroatoms. The van der Waals surface area contributed by atoms with E-state index in [2.05, 4.69) is 27.7 Å². The first-order chi connectivity index (χ1) is 21.1. The van der Waals surface area contributed by atoms with E-state index in [0.29, 0.717) is 48.6 Å². The zero-order valence-electron chi connectivity index (χ0n) is 24.4. The average molecular weight is 635 g/mol. The van der Waals surface area contributed by atoms with Gasteiger partial charge in [0.05, 0.1) is 22.5 Å². The fourth-order valence-electron chi connectivity index (χ4n) is 6.91. The lowest BCUT2D eigenvalue weighted by Crippen LogP contribution is -2.59. The summed E-state index contributed by atoms with van der Waals surface area (Å²) in [5.74, 6) is -0.230. The van der Waals surface area contributed by atoms with Crippen LogP contribution in [-0.4, -0.2) is 80.0 Å². The predicted molar refractivity (Wildman–Crippen MR) is 167 cm³/mol. The van der Waals surface area contributed by atoms with Gasteiger partial charge in [-0.05, 0) is 48.2 Å². The maximum Gasteiger partial charge on any atom is 0.325 e. The summed E-state index contributed by atoms with van der Waals surface area (Å²) < 4.78 is 23.6. The van der Waals surface area contributed by atoms with Crippen LogP contribution in [0.2, 0.25) is 5.02 Å². The summed E-state index contributed by atoms with van der Waals surface area (Å²) in [5, 5.41) is 6.87. The Bertz CT molecular complexity index is 1670. The number of rotatable bonds is 8. The summed E-state index contributed by atoms with van der Waals surface area (Å²) in [6.07, 6.45) is 1.86. The summed E-state index contributed by atoms with van der Waals surface area (Å²) in [6, 6.07) is 22.6. The molecule has 0 aromatic heterocycles. The lowest BCUT2D eigenvalue weighted by atomic mass is 9.78. The number of halogens is 1. The summed E-state index contributed by atoms with van der Waals surface area (Å²) in [7, 11) is -3.35. The molecule has 0 aliphatic carbocycles. The average Bonchev–Trinajstić information content (AvgIpc) is 3.58. The van der Waals surface area contributed by atoms with E-state index in [1.807, 2.05) is 30.3 Å². The minimum absolute atomic E-state index is 0.0181. The highest BCUT2D eigenvalue weighted by Crippen LogP contribution is 2.38. The summed E-state index contributed by atoms with van der Waals surface area (Å²) in [6.45, 7) is 2.36. The number of likely N-dealkylation sites (tertiary alicyclic amines) is 1. The molecule has 0 bridgehead atoms. The van der Waals surface area contributed by atoms with Crippen LogP contribution in [0.1, 0.15) is 40.2 Å². The molecule has 6 rings (SSSR count). The Balaban J connectivity index is 1.22. The molecule has 3 aliphatic heterocycles. The number of carbonyl (C=O) groups is 3. The number of nitrogens with zero attached hydrogens (tertiary/aromatic N) is 2. The molecule has 44 heavy (non-hydrogen) atoms. The second-order valence-electron chi connectivity index (χ2n) is 12.0. The molecule has 3 fully saturated rings. The fraction of sp³-hybridized carbons (Fsp3) is 0.364. The normalized spacial score (nSPS) is 22.7. The van der Waals surface area contributed by atoms with Crippen LogP contribution in [0.3, 0.4) is 0 Å². The minimum atomic E-state index is -3.35. The third kappa shape index (κ3) is 5.79. The number of hydrogen-bond donors (Lipinski definition) is 2. The first-order valence-corrected chi connectivity index (χ1v) is 17.1. The molecular formula is C33H35ClN4O5S. The van der Waals surface area contributed by atoms with Crippen molar-refractivity contribution in [1.29, 1.82) is 0 Å². The van der Waals surface area contributed by atoms with Gasteiger partial charge in [0, 0.05) is 49.8 Å². The Morgan fingerprint density at radius 1 is 0.955 bits per heavy atom. The summed E-state index contributed by atoms with van der Waals surface area (Å²) in [5.41, 5.74) is 1.26. The Hall–Kier alpha value is -3.57. The van der Waals surface area contributed by atoms with Gasteiger partial charge in [-0.15, -0.1) is 0 Å². The first-order valence-electron chi connectivity index (χ1n) is 14.8. The highest BCUT2D eigenvalue weighted by Gasteiger charge is 2.54. The van der Waals surface area contributed by atoms with Crippen LogP contribution in [-0.2, 0) is 21.2 Å². The number of piperidine rings is 1.